The van der Waals surface area contributed by atoms with Crippen LogP contribution in [-0.2, 0) is 16.9 Å². The second kappa shape index (κ2) is 6.91. The highest BCUT2D eigenvalue weighted by atomic mass is 19.1. The Balaban J connectivity index is 2.06. The number of fused-ring (bicyclic) bond motifs is 1. The van der Waals surface area contributed by atoms with Gasteiger partial charge in [0, 0.05) is 13.0 Å². The summed E-state index contributed by atoms with van der Waals surface area (Å²) in [6, 6.07) is 13.4. The third-order valence-corrected chi connectivity index (χ3v) is 4.53. The number of halogens is 2. The Hall–Kier alpha value is -2.29. The largest absolute Gasteiger partial charge is 0.361 e. The van der Waals surface area contributed by atoms with Crippen molar-refractivity contribution in [3.8, 4) is 6.07 Å². The van der Waals surface area contributed by atoms with Crippen molar-refractivity contribution in [2.24, 2.45) is 0 Å². The molecule has 5 heteroatoms. The molecule has 0 spiro atoms. The third-order valence-electron chi connectivity index (χ3n) is 4.53. The highest BCUT2D eigenvalue weighted by Crippen LogP contribution is 2.46. The molecule has 0 amide bonds. The van der Waals surface area contributed by atoms with Crippen LogP contribution in [0.25, 0.3) is 0 Å². The maximum atomic E-state index is 14.7. The summed E-state index contributed by atoms with van der Waals surface area (Å²) < 4.78 is 34.2. The first-order valence-electron chi connectivity index (χ1n) is 8.17. The number of hydrogen-bond donors (Lipinski definition) is 0. The molecule has 0 bridgehead atoms. The molecular weight excluding hydrogens is 322 g/mol. The van der Waals surface area contributed by atoms with E-state index < -0.39 is 11.8 Å². The minimum atomic E-state index is -1.11. The van der Waals surface area contributed by atoms with Gasteiger partial charge < -0.3 is 9.64 Å². The van der Waals surface area contributed by atoms with Gasteiger partial charge in [-0.2, -0.15) is 5.26 Å². The molecule has 2 aromatic carbocycles. The van der Waals surface area contributed by atoms with Crippen molar-refractivity contribution in [3.05, 3.63) is 70.5 Å². The van der Waals surface area contributed by atoms with Crippen LogP contribution in [0.2, 0.25) is 0 Å². The molecule has 3 rings (SSSR count). The molecule has 1 aliphatic heterocycles. The quantitative estimate of drug-likeness (QED) is 0.830. The Labute approximate surface area is 146 Å². The van der Waals surface area contributed by atoms with E-state index in [-0.39, 0.29) is 18.8 Å². The summed E-state index contributed by atoms with van der Waals surface area (Å²) in [5.41, 5.74) is 2.02. The number of ether oxygens (including phenoxy) is 1. The lowest BCUT2D eigenvalue weighted by atomic mass is 9.81. The SMILES string of the molecule is CN(C)C[C@@H](F)C[C@@]1(c2ccc(F)cc2)OCc2cc(C#N)ccc21. The molecule has 1 heterocycles. The third kappa shape index (κ3) is 3.41. The molecule has 0 N–H and O–H groups in total. The summed E-state index contributed by atoms with van der Waals surface area (Å²) in [5, 5.41) is 9.09. The van der Waals surface area contributed by atoms with Gasteiger partial charge in [-0.25, -0.2) is 8.78 Å². The Morgan fingerprint density at radius 1 is 1.24 bits per heavy atom. The number of rotatable bonds is 5. The summed E-state index contributed by atoms with van der Waals surface area (Å²) in [5.74, 6) is -0.345. The predicted molar refractivity (Wildman–Crippen MR) is 91.2 cm³/mol. The molecule has 0 aromatic heterocycles. The molecule has 130 valence electrons. The molecule has 25 heavy (non-hydrogen) atoms. The van der Waals surface area contributed by atoms with Crippen molar-refractivity contribution in [2.45, 2.75) is 24.8 Å². The van der Waals surface area contributed by atoms with Crippen LogP contribution in [0.4, 0.5) is 8.78 Å². The van der Waals surface area contributed by atoms with Crippen LogP contribution >= 0.6 is 0 Å². The van der Waals surface area contributed by atoms with E-state index in [1.165, 1.54) is 12.1 Å². The lowest BCUT2D eigenvalue weighted by molar-refractivity contribution is -0.0294. The van der Waals surface area contributed by atoms with Gasteiger partial charge in [-0.3, -0.25) is 0 Å². The van der Waals surface area contributed by atoms with Crippen LogP contribution in [0.5, 0.6) is 0 Å². The van der Waals surface area contributed by atoms with E-state index in [1.54, 1.807) is 29.2 Å². The summed E-state index contributed by atoms with van der Waals surface area (Å²) >= 11 is 0. The van der Waals surface area contributed by atoms with Crippen LogP contribution in [0, 0.1) is 17.1 Å². The predicted octanol–water partition coefficient (Wildman–Crippen LogP) is 3.76. The smallest absolute Gasteiger partial charge is 0.123 e. The lowest BCUT2D eigenvalue weighted by Crippen LogP contribution is -2.34. The maximum Gasteiger partial charge on any atom is 0.123 e. The normalized spacial score (nSPS) is 20.3. The zero-order valence-electron chi connectivity index (χ0n) is 14.3. The fraction of sp³-hybridized carbons (Fsp3) is 0.350. The Morgan fingerprint density at radius 3 is 2.60 bits per heavy atom. The van der Waals surface area contributed by atoms with Crippen molar-refractivity contribution >= 4 is 0 Å². The van der Waals surface area contributed by atoms with Gasteiger partial charge in [-0.15, -0.1) is 0 Å². The van der Waals surface area contributed by atoms with E-state index in [0.717, 1.165) is 16.7 Å². The zero-order valence-corrected chi connectivity index (χ0v) is 14.3. The summed E-state index contributed by atoms with van der Waals surface area (Å²) in [6.07, 6.45) is -0.975. The molecule has 0 saturated carbocycles. The second-order valence-electron chi connectivity index (χ2n) is 6.67. The van der Waals surface area contributed by atoms with E-state index in [0.29, 0.717) is 12.2 Å². The monoisotopic (exact) mass is 342 g/mol. The number of hydrogen-bond acceptors (Lipinski definition) is 3. The van der Waals surface area contributed by atoms with Crippen molar-refractivity contribution < 1.29 is 13.5 Å². The lowest BCUT2D eigenvalue weighted by Gasteiger charge is -2.32. The number of nitriles is 1. The van der Waals surface area contributed by atoms with Crippen LogP contribution in [0.15, 0.2) is 42.5 Å². The van der Waals surface area contributed by atoms with E-state index in [9.17, 15) is 8.78 Å². The van der Waals surface area contributed by atoms with E-state index in [1.807, 2.05) is 20.2 Å². The van der Waals surface area contributed by atoms with Gasteiger partial charge in [0.1, 0.15) is 17.6 Å². The fourth-order valence-corrected chi connectivity index (χ4v) is 3.47. The van der Waals surface area contributed by atoms with Crippen molar-refractivity contribution in [1.82, 2.24) is 4.90 Å². The molecule has 0 unspecified atom stereocenters. The van der Waals surface area contributed by atoms with E-state index in [2.05, 4.69) is 6.07 Å². The van der Waals surface area contributed by atoms with Gasteiger partial charge in [0.2, 0.25) is 0 Å². The molecular formula is C20H20F2N2O. The van der Waals surface area contributed by atoms with Crippen LogP contribution in [0.1, 0.15) is 28.7 Å². The Bertz CT molecular complexity index is 798. The van der Waals surface area contributed by atoms with Gasteiger partial charge in [-0.05, 0) is 55.1 Å². The van der Waals surface area contributed by atoms with Gasteiger partial charge in [-0.1, -0.05) is 18.2 Å². The number of nitrogens with zero attached hydrogens (tertiary/aromatic N) is 2. The highest BCUT2D eigenvalue weighted by Gasteiger charge is 2.43. The Kier molecular flexibility index (Phi) is 4.85. The topological polar surface area (TPSA) is 36.3 Å². The standard InChI is InChI=1S/C20H20F2N2O/c1-24(2)12-18(22)10-20(16-4-6-17(21)7-5-16)19-8-3-14(11-23)9-15(19)13-25-20/h3-9,18H,10,12-13H2,1-2H3/t18-,20-/m0/s1. The van der Waals surface area contributed by atoms with Crippen LogP contribution in [0.3, 0.4) is 0 Å². The first-order valence-corrected chi connectivity index (χ1v) is 8.17. The Morgan fingerprint density at radius 2 is 1.96 bits per heavy atom. The summed E-state index contributed by atoms with van der Waals surface area (Å²) in [4.78, 5) is 1.79. The molecule has 0 fully saturated rings. The highest BCUT2D eigenvalue weighted by molar-refractivity contribution is 5.48. The van der Waals surface area contributed by atoms with E-state index in [4.69, 9.17) is 10.00 Å². The van der Waals surface area contributed by atoms with Crippen molar-refractivity contribution in [2.75, 3.05) is 20.6 Å². The van der Waals surface area contributed by atoms with Crippen LogP contribution in [-0.4, -0.2) is 31.7 Å². The average Bonchev–Trinajstić information content (AvgIpc) is 2.93. The van der Waals surface area contributed by atoms with Crippen molar-refractivity contribution in [3.63, 3.8) is 0 Å². The van der Waals surface area contributed by atoms with E-state index >= 15 is 0 Å². The van der Waals surface area contributed by atoms with Gasteiger partial charge >= 0.3 is 0 Å². The second-order valence-corrected chi connectivity index (χ2v) is 6.67. The summed E-state index contributed by atoms with van der Waals surface area (Å²) in [7, 11) is 3.64. The maximum absolute atomic E-state index is 14.7. The zero-order chi connectivity index (χ0) is 18.0. The molecule has 3 nitrogen and oxygen atoms in total. The molecule has 2 aromatic rings. The van der Waals surface area contributed by atoms with Gasteiger partial charge in [0.25, 0.3) is 0 Å². The minimum absolute atomic E-state index is 0.135. The molecule has 0 aliphatic carbocycles. The molecule has 0 radical (unpaired) electrons. The minimum Gasteiger partial charge on any atom is -0.361 e. The summed E-state index contributed by atoms with van der Waals surface area (Å²) in [6.45, 7) is 0.578. The molecule has 1 aliphatic rings. The van der Waals surface area contributed by atoms with Crippen LogP contribution < -0.4 is 0 Å². The number of alkyl halides is 1. The van der Waals surface area contributed by atoms with Crippen molar-refractivity contribution in [1.29, 1.82) is 5.26 Å². The first-order chi connectivity index (χ1) is 11.9. The number of benzene rings is 2. The van der Waals surface area contributed by atoms with Gasteiger partial charge in [0.05, 0.1) is 18.2 Å². The first kappa shape index (κ1) is 17.5. The fourth-order valence-electron chi connectivity index (χ4n) is 3.47. The molecule has 2 atom stereocenters. The van der Waals surface area contributed by atoms with Gasteiger partial charge in [0.15, 0.2) is 0 Å². The molecule has 0 saturated heterocycles. The average molecular weight is 342 g/mol.